The number of hydrogen-bond acceptors (Lipinski definition) is 4. The molecule has 5 heteroatoms. The molecule has 2 heterocycles. The van der Waals surface area contributed by atoms with E-state index in [-0.39, 0.29) is 24.2 Å². The maximum Gasteiger partial charge on any atom is 0.252 e. The molecule has 0 saturated carbocycles. The highest BCUT2D eigenvalue weighted by molar-refractivity contribution is 7.15. The van der Waals surface area contributed by atoms with Gasteiger partial charge < -0.3 is 15.4 Å². The minimum Gasteiger partial charge on any atom is -0.364 e. The minimum atomic E-state index is -0.346. The Bertz CT molecular complexity index is 756. The number of ether oxygens (including phenoxy) is 1. The van der Waals surface area contributed by atoms with E-state index in [0.717, 1.165) is 12.8 Å². The van der Waals surface area contributed by atoms with Gasteiger partial charge in [-0.2, -0.15) is 0 Å². The Balaban J connectivity index is 1.73. The van der Waals surface area contributed by atoms with Gasteiger partial charge in [-0.3, -0.25) is 4.79 Å². The van der Waals surface area contributed by atoms with Gasteiger partial charge in [-0.05, 0) is 56.9 Å². The Kier molecular flexibility index (Phi) is 6.12. The van der Waals surface area contributed by atoms with Crippen LogP contribution in [0.15, 0.2) is 36.4 Å². The van der Waals surface area contributed by atoms with Crippen molar-refractivity contribution in [2.45, 2.75) is 58.4 Å². The van der Waals surface area contributed by atoms with Crippen molar-refractivity contribution in [2.75, 3.05) is 6.54 Å². The first kappa shape index (κ1) is 19.1. The van der Waals surface area contributed by atoms with E-state index in [1.807, 2.05) is 4.90 Å². The molecule has 2 atom stereocenters. The lowest BCUT2D eigenvalue weighted by molar-refractivity contribution is -0.145. The molecule has 1 saturated heterocycles. The Morgan fingerprint density at radius 3 is 2.69 bits per heavy atom. The molecule has 3 rings (SSSR count). The molecule has 0 unspecified atom stereocenters. The van der Waals surface area contributed by atoms with E-state index in [2.05, 4.69) is 57.2 Å². The van der Waals surface area contributed by atoms with Gasteiger partial charge in [0.2, 0.25) is 0 Å². The molecule has 4 nitrogen and oxygen atoms in total. The van der Waals surface area contributed by atoms with Crippen LogP contribution in [-0.4, -0.2) is 35.6 Å². The van der Waals surface area contributed by atoms with Crippen LogP contribution in [0.3, 0.4) is 0 Å². The zero-order valence-electron chi connectivity index (χ0n) is 15.8. The molecule has 1 aliphatic heterocycles. The largest absolute Gasteiger partial charge is 0.364 e. The smallest absolute Gasteiger partial charge is 0.252 e. The molecule has 1 amide bonds. The molecule has 0 radical (unpaired) electrons. The van der Waals surface area contributed by atoms with Crippen molar-refractivity contribution in [3.63, 3.8) is 0 Å². The van der Waals surface area contributed by atoms with Crippen LogP contribution in [0.4, 0.5) is 0 Å². The van der Waals surface area contributed by atoms with Gasteiger partial charge in [0.15, 0.2) is 0 Å². The highest BCUT2D eigenvalue weighted by Gasteiger charge is 2.34. The molecule has 26 heavy (non-hydrogen) atoms. The molecule has 1 aromatic carbocycles. The fourth-order valence-corrected chi connectivity index (χ4v) is 4.48. The van der Waals surface area contributed by atoms with Crippen molar-refractivity contribution in [3.8, 4) is 10.4 Å². The summed E-state index contributed by atoms with van der Waals surface area (Å²) in [7, 11) is 0. The van der Waals surface area contributed by atoms with Crippen LogP contribution in [-0.2, 0) is 16.1 Å². The second-order valence-electron chi connectivity index (χ2n) is 7.20. The number of carbonyl (C=O) groups excluding carboxylic acids is 1. The van der Waals surface area contributed by atoms with Crippen LogP contribution in [0.1, 0.15) is 37.1 Å². The third-order valence-electron chi connectivity index (χ3n) is 4.95. The molecular weight excluding hydrogens is 344 g/mol. The Morgan fingerprint density at radius 2 is 2.04 bits per heavy atom. The van der Waals surface area contributed by atoms with Crippen LogP contribution < -0.4 is 5.73 Å². The van der Waals surface area contributed by atoms with E-state index in [1.54, 1.807) is 11.3 Å². The standard InChI is InChI=1S/C21H28N2O2S/c1-14(2)23(21(24)19-10-8-16(12-22)25-19)13-17-9-11-20(26-17)18-7-5-4-6-15(18)3/h4-7,9,11,14,16,19H,8,10,12-13,22H2,1-3H3/t16-,19+/m1/s1. The Labute approximate surface area is 160 Å². The Hall–Kier alpha value is -1.69. The van der Waals surface area contributed by atoms with Crippen LogP contribution in [0.5, 0.6) is 0 Å². The molecule has 0 aliphatic carbocycles. The summed E-state index contributed by atoms with van der Waals surface area (Å²) in [6, 6.07) is 12.8. The summed E-state index contributed by atoms with van der Waals surface area (Å²) < 4.78 is 5.82. The quantitative estimate of drug-likeness (QED) is 0.835. The predicted molar refractivity (Wildman–Crippen MR) is 107 cm³/mol. The summed E-state index contributed by atoms with van der Waals surface area (Å²) in [6.45, 7) is 7.35. The van der Waals surface area contributed by atoms with Crippen LogP contribution in [0.2, 0.25) is 0 Å². The third kappa shape index (κ3) is 4.17. The van der Waals surface area contributed by atoms with Crippen molar-refractivity contribution in [2.24, 2.45) is 5.73 Å². The van der Waals surface area contributed by atoms with Crippen LogP contribution in [0.25, 0.3) is 10.4 Å². The minimum absolute atomic E-state index is 0.0207. The maximum atomic E-state index is 12.9. The van der Waals surface area contributed by atoms with E-state index in [0.29, 0.717) is 13.1 Å². The van der Waals surface area contributed by atoms with Gasteiger partial charge in [-0.25, -0.2) is 0 Å². The molecule has 0 spiro atoms. The number of nitrogens with two attached hydrogens (primary N) is 1. The second kappa shape index (κ2) is 8.33. The zero-order chi connectivity index (χ0) is 18.7. The fourth-order valence-electron chi connectivity index (χ4n) is 3.39. The number of hydrogen-bond donors (Lipinski definition) is 1. The van der Waals surface area contributed by atoms with Gasteiger partial charge in [0.1, 0.15) is 6.10 Å². The van der Waals surface area contributed by atoms with Gasteiger partial charge in [0, 0.05) is 22.3 Å². The molecule has 1 fully saturated rings. The number of carbonyl (C=O) groups is 1. The first-order valence-electron chi connectivity index (χ1n) is 9.30. The van der Waals surface area contributed by atoms with Gasteiger partial charge in [-0.1, -0.05) is 24.3 Å². The van der Waals surface area contributed by atoms with Gasteiger partial charge in [0.25, 0.3) is 5.91 Å². The zero-order valence-corrected chi connectivity index (χ0v) is 16.6. The molecule has 2 N–H and O–H groups in total. The van der Waals surface area contributed by atoms with Gasteiger partial charge >= 0.3 is 0 Å². The summed E-state index contributed by atoms with van der Waals surface area (Å²) in [5.74, 6) is 0.0850. The number of rotatable bonds is 6. The molecule has 1 aliphatic rings. The maximum absolute atomic E-state index is 12.9. The van der Waals surface area contributed by atoms with E-state index in [9.17, 15) is 4.79 Å². The third-order valence-corrected chi connectivity index (χ3v) is 6.05. The summed E-state index contributed by atoms with van der Waals surface area (Å²) in [4.78, 5) is 17.3. The van der Waals surface area contributed by atoms with Crippen molar-refractivity contribution in [3.05, 3.63) is 46.8 Å². The average molecular weight is 373 g/mol. The van der Waals surface area contributed by atoms with E-state index >= 15 is 0 Å². The topological polar surface area (TPSA) is 55.6 Å². The van der Waals surface area contributed by atoms with Crippen molar-refractivity contribution in [1.82, 2.24) is 4.90 Å². The predicted octanol–water partition coefficient (Wildman–Crippen LogP) is 3.97. The lowest BCUT2D eigenvalue weighted by atomic mass is 10.1. The first-order chi connectivity index (χ1) is 12.5. The number of thiophene rings is 1. The molecule has 140 valence electrons. The monoisotopic (exact) mass is 372 g/mol. The van der Waals surface area contributed by atoms with E-state index in [4.69, 9.17) is 10.5 Å². The number of aryl methyl sites for hydroxylation is 1. The molecule has 1 aromatic heterocycles. The number of benzene rings is 1. The first-order valence-corrected chi connectivity index (χ1v) is 10.1. The van der Waals surface area contributed by atoms with E-state index in [1.165, 1.54) is 20.9 Å². The van der Waals surface area contributed by atoms with Crippen molar-refractivity contribution in [1.29, 1.82) is 0 Å². The summed E-state index contributed by atoms with van der Waals surface area (Å²) in [5.41, 5.74) is 8.21. The van der Waals surface area contributed by atoms with Gasteiger partial charge in [0.05, 0.1) is 12.6 Å². The molecule has 2 aromatic rings. The summed E-state index contributed by atoms with van der Waals surface area (Å²) >= 11 is 1.76. The van der Waals surface area contributed by atoms with Crippen LogP contribution >= 0.6 is 11.3 Å². The summed E-state index contributed by atoms with van der Waals surface area (Å²) in [5, 5.41) is 0. The normalized spacial score (nSPS) is 19.9. The highest BCUT2D eigenvalue weighted by atomic mass is 32.1. The Morgan fingerprint density at radius 1 is 1.27 bits per heavy atom. The van der Waals surface area contributed by atoms with Crippen molar-refractivity contribution >= 4 is 17.2 Å². The van der Waals surface area contributed by atoms with Crippen LogP contribution in [0, 0.1) is 6.92 Å². The molecule has 0 bridgehead atoms. The van der Waals surface area contributed by atoms with Gasteiger partial charge in [-0.15, -0.1) is 11.3 Å². The summed E-state index contributed by atoms with van der Waals surface area (Å²) in [6.07, 6.45) is 1.31. The van der Waals surface area contributed by atoms with E-state index < -0.39 is 0 Å². The van der Waals surface area contributed by atoms with Crippen molar-refractivity contribution < 1.29 is 9.53 Å². The second-order valence-corrected chi connectivity index (χ2v) is 8.37. The number of nitrogens with zero attached hydrogens (tertiary/aromatic N) is 1. The average Bonchev–Trinajstić information content (AvgIpc) is 3.28. The lowest BCUT2D eigenvalue weighted by Crippen LogP contribution is -2.43. The fraction of sp³-hybridized carbons (Fsp3) is 0.476. The highest BCUT2D eigenvalue weighted by Crippen LogP contribution is 2.32. The SMILES string of the molecule is Cc1ccccc1-c1ccc(CN(C(=O)[C@@H]2CC[C@H](CN)O2)C(C)C)s1. The number of amides is 1. The lowest BCUT2D eigenvalue weighted by Gasteiger charge is -2.29. The molecular formula is C21H28N2O2S.